The second-order valence-electron chi connectivity index (χ2n) is 2.78. The lowest BCUT2D eigenvalue weighted by atomic mass is 10.2. The maximum absolute atomic E-state index is 12.7. The van der Waals surface area contributed by atoms with Gasteiger partial charge in [-0.15, -0.1) is 0 Å². The Bertz CT molecular complexity index is 363. The molecule has 0 amide bonds. The molecule has 0 radical (unpaired) electrons. The first-order valence-electron chi connectivity index (χ1n) is 4.32. The van der Waals surface area contributed by atoms with Crippen LogP contribution in [0.15, 0.2) is 18.2 Å². The molecule has 1 nitrogen and oxygen atoms in total. The van der Waals surface area contributed by atoms with Crippen molar-refractivity contribution >= 4 is 0 Å². The fourth-order valence-corrected chi connectivity index (χ4v) is 0.926. The van der Waals surface area contributed by atoms with Gasteiger partial charge in [0.15, 0.2) is 11.6 Å². The Morgan fingerprint density at radius 3 is 2.71 bits per heavy atom. The lowest BCUT2D eigenvalue weighted by Crippen LogP contribution is -2.05. The van der Waals surface area contributed by atoms with Gasteiger partial charge in [-0.05, 0) is 25.2 Å². The number of benzene rings is 1. The molecule has 1 rings (SSSR count). The molecule has 1 aromatic carbocycles. The molecule has 0 unspecified atom stereocenters. The van der Waals surface area contributed by atoms with Crippen molar-refractivity contribution in [3.05, 3.63) is 35.4 Å². The van der Waals surface area contributed by atoms with E-state index in [1.54, 1.807) is 0 Å². The fourth-order valence-electron chi connectivity index (χ4n) is 0.926. The van der Waals surface area contributed by atoms with E-state index in [1.165, 1.54) is 6.07 Å². The molecule has 0 aromatic heterocycles. The number of halogens is 2. The second-order valence-corrected chi connectivity index (χ2v) is 2.78. The predicted molar refractivity (Wildman–Crippen MR) is 51.8 cm³/mol. The van der Waals surface area contributed by atoms with Gasteiger partial charge >= 0.3 is 0 Å². The molecule has 0 saturated carbocycles. The van der Waals surface area contributed by atoms with Gasteiger partial charge < -0.3 is 5.32 Å². The standard InChI is InChI=1S/C11H11F2N/c1-14-7-3-2-4-9-5-6-10(12)11(13)8-9/h5-6,8,14H,3,7H2,1H3. The molecule has 0 atom stereocenters. The average Bonchev–Trinajstić information content (AvgIpc) is 2.18. The summed E-state index contributed by atoms with van der Waals surface area (Å²) in [4.78, 5) is 0. The van der Waals surface area contributed by atoms with Gasteiger partial charge in [0.05, 0.1) is 0 Å². The molecule has 74 valence electrons. The van der Waals surface area contributed by atoms with E-state index in [0.29, 0.717) is 12.0 Å². The summed E-state index contributed by atoms with van der Waals surface area (Å²) in [7, 11) is 1.83. The van der Waals surface area contributed by atoms with E-state index in [1.807, 2.05) is 7.05 Å². The Balaban J connectivity index is 2.66. The maximum atomic E-state index is 12.7. The molecule has 0 aliphatic carbocycles. The Morgan fingerprint density at radius 1 is 1.29 bits per heavy atom. The molecule has 1 N–H and O–H groups in total. The molecule has 0 spiro atoms. The fraction of sp³-hybridized carbons (Fsp3) is 0.273. The van der Waals surface area contributed by atoms with Crippen molar-refractivity contribution in [3.8, 4) is 11.8 Å². The van der Waals surface area contributed by atoms with E-state index in [2.05, 4.69) is 17.2 Å². The normalized spacial score (nSPS) is 9.36. The summed E-state index contributed by atoms with van der Waals surface area (Å²) in [5.74, 6) is 3.90. The van der Waals surface area contributed by atoms with Crippen molar-refractivity contribution in [2.24, 2.45) is 0 Å². The summed E-state index contributed by atoms with van der Waals surface area (Å²) in [6, 6.07) is 3.64. The van der Waals surface area contributed by atoms with E-state index in [9.17, 15) is 8.78 Å². The van der Waals surface area contributed by atoms with Crippen molar-refractivity contribution < 1.29 is 8.78 Å². The van der Waals surface area contributed by atoms with Gasteiger partial charge in [0, 0.05) is 18.5 Å². The molecule has 0 aliphatic rings. The van der Waals surface area contributed by atoms with E-state index >= 15 is 0 Å². The summed E-state index contributed by atoms with van der Waals surface area (Å²) in [6.07, 6.45) is 0.690. The quantitative estimate of drug-likeness (QED) is 0.561. The highest BCUT2D eigenvalue weighted by Gasteiger charge is 1.99. The summed E-state index contributed by atoms with van der Waals surface area (Å²) < 4.78 is 25.2. The zero-order chi connectivity index (χ0) is 10.4. The van der Waals surface area contributed by atoms with Crippen LogP contribution in [0, 0.1) is 23.5 Å². The maximum Gasteiger partial charge on any atom is 0.160 e. The summed E-state index contributed by atoms with van der Waals surface area (Å²) >= 11 is 0. The van der Waals surface area contributed by atoms with Crippen LogP contribution in [0.4, 0.5) is 8.78 Å². The van der Waals surface area contributed by atoms with Gasteiger partial charge in [-0.25, -0.2) is 8.78 Å². The highest BCUT2D eigenvalue weighted by Crippen LogP contribution is 2.07. The topological polar surface area (TPSA) is 12.0 Å². The minimum absolute atomic E-state index is 0.500. The third kappa shape index (κ3) is 3.15. The van der Waals surface area contributed by atoms with Crippen LogP contribution in [0.5, 0.6) is 0 Å². The highest BCUT2D eigenvalue weighted by atomic mass is 19.2. The van der Waals surface area contributed by atoms with E-state index in [4.69, 9.17) is 0 Å². The van der Waals surface area contributed by atoms with Gasteiger partial charge in [0.2, 0.25) is 0 Å². The largest absolute Gasteiger partial charge is 0.319 e. The number of hydrogen-bond donors (Lipinski definition) is 1. The molecule has 3 heteroatoms. The van der Waals surface area contributed by atoms with Crippen LogP contribution in [-0.4, -0.2) is 13.6 Å². The van der Waals surface area contributed by atoms with Crippen molar-refractivity contribution in [1.82, 2.24) is 5.32 Å². The first-order valence-corrected chi connectivity index (χ1v) is 4.32. The summed E-state index contributed by atoms with van der Waals surface area (Å²) in [5.41, 5.74) is 0.500. The molecular weight excluding hydrogens is 184 g/mol. The van der Waals surface area contributed by atoms with Gasteiger partial charge in [-0.1, -0.05) is 11.8 Å². The lowest BCUT2D eigenvalue weighted by Gasteiger charge is -1.93. The third-order valence-corrected chi connectivity index (χ3v) is 1.65. The highest BCUT2D eigenvalue weighted by molar-refractivity contribution is 5.34. The number of nitrogens with one attached hydrogen (secondary N) is 1. The first kappa shape index (κ1) is 10.7. The average molecular weight is 195 g/mol. The smallest absolute Gasteiger partial charge is 0.160 e. The zero-order valence-electron chi connectivity index (χ0n) is 7.90. The Labute approximate surface area is 82.1 Å². The van der Waals surface area contributed by atoms with Gasteiger partial charge in [-0.3, -0.25) is 0 Å². The zero-order valence-corrected chi connectivity index (χ0v) is 7.90. The summed E-state index contributed by atoms with van der Waals surface area (Å²) in [5, 5.41) is 2.94. The van der Waals surface area contributed by atoms with E-state index in [0.717, 1.165) is 18.7 Å². The minimum atomic E-state index is -0.856. The van der Waals surface area contributed by atoms with Crippen molar-refractivity contribution in [3.63, 3.8) is 0 Å². The first-order chi connectivity index (χ1) is 6.74. The van der Waals surface area contributed by atoms with Crippen LogP contribution >= 0.6 is 0 Å². The SMILES string of the molecule is CNCCC#Cc1ccc(F)c(F)c1. The third-order valence-electron chi connectivity index (χ3n) is 1.65. The Hall–Kier alpha value is -1.40. The van der Waals surface area contributed by atoms with Crippen molar-refractivity contribution in [2.75, 3.05) is 13.6 Å². The molecule has 0 heterocycles. The molecule has 14 heavy (non-hydrogen) atoms. The van der Waals surface area contributed by atoms with Gasteiger partial charge in [0.25, 0.3) is 0 Å². The molecule has 0 saturated heterocycles. The minimum Gasteiger partial charge on any atom is -0.319 e. The Morgan fingerprint density at radius 2 is 2.07 bits per heavy atom. The molecule has 0 bridgehead atoms. The molecule has 1 aromatic rings. The molecular formula is C11H11F2N. The van der Waals surface area contributed by atoms with Crippen LogP contribution < -0.4 is 5.32 Å². The van der Waals surface area contributed by atoms with E-state index in [-0.39, 0.29) is 0 Å². The van der Waals surface area contributed by atoms with Crippen molar-refractivity contribution in [2.45, 2.75) is 6.42 Å². The lowest BCUT2D eigenvalue weighted by molar-refractivity contribution is 0.508. The van der Waals surface area contributed by atoms with Gasteiger partial charge in [-0.2, -0.15) is 0 Å². The van der Waals surface area contributed by atoms with Gasteiger partial charge in [0.1, 0.15) is 0 Å². The summed E-state index contributed by atoms with van der Waals surface area (Å²) in [6.45, 7) is 0.788. The number of hydrogen-bond acceptors (Lipinski definition) is 1. The van der Waals surface area contributed by atoms with Crippen LogP contribution in [0.25, 0.3) is 0 Å². The predicted octanol–water partition coefficient (Wildman–Crippen LogP) is 1.93. The van der Waals surface area contributed by atoms with Crippen LogP contribution in [0.1, 0.15) is 12.0 Å². The second kappa shape index (κ2) is 5.36. The van der Waals surface area contributed by atoms with Crippen LogP contribution in [-0.2, 0) is 0 Å². The monoisotopic (exact) mass is 195 g/mol. The van der Waals surface area contributed by atoms with Crippen LogP contribution in [0.2, 0.25) is 0 Å². The Kier molecular flexibility index (Phi) is 4.09. The molecule has 0 fully saturated rings. The number of rotatable bonds is 2. The molecule has 0 aliphatic heterocycles. The van der Waals surface area contributed by atoms with Crippen molar-refractivity contribution in [1.29, 1.82) is 0 Å². The van der Waals surface area contributed by atoms with E-state index < -0.39 is 11.6 Å². The van der Waals surface area contributed by atoms with Crippen LogP contribution in [0.3, 0.4) is 0 Å².